The van der Waals surface area contributed by atoms with Gasteiger partial charge in [0, 0.05) is 25.3 Å². The van der Waals surface area contributed by atoms with Gasteiger partial charge in [-0.25, -0.2) is 0 Å². The molecule has 0 atom stereocenters. The van der Waals surface area contributed by atoms with Crippen LogP contribution >= 0.6 is 0 Å². The Balaban J connectivity index is 2.13. The molecule has 0 aromatic heterocycles. The van der Waals surface area contributed by atoms with E-state index in [0.29, 0.717) is 0 Å². The number of nitrogens with one attached hydrogen (secondary N) is 1. The molecule has 1 aromatic carbocycles. The summed E-state index contributed by atoms with van der Waals surface area (Å²) in [7, 11) is 1.98. The summed E-state index contributed by atoms with van der Waals surface area (Å²) < 4.78 is 5.36. The maximum atomic E-state index is 5.36. The van der Waals surface area contributed by atoms with Gasteiger partial charge in [-0.05, 0) is 37.2 Å². The predicted octanol–water partition coefficient (Wildman–Crippen LogP) is 1.55. The van der Waals surface area contributed by atoms with E-state index >= 15 is 0 Å². The van der Waals surface area contributed by atoms with E-state index in [9.17, 15) is 0 Å². The third-order valence-corrected chi connectivity index (χ3v) is 3.07. The summed E-state index contributed by atoms with van der Waals surface area (Å²) in [6.45, 7) is 6.82. The average molecular weight is 220 g/mol. The van der Waals surface area contributed by atoms with Crippen molar-refractivity contribution in [1.29, 1.82) is 0 Å². The van der Waals surface area contributed by atoms with E-state index in [1.54, 1.807) is 0 Å². The Kier molecular flexibility index (Phi) is 3.80. The molecule has 1 saturated heterocycles. The van der Waals surface area contributed by atoms with Crippen LogP contribution in [0, 0.1) is 6.92 Å². The fourth-order valence-corrected chi connectivity index (χ4v) is 2.09. The number of aryl methyl sites for hydroxylation is 1. The zero-order valence-corrected chi connectivity index (χ0v) is 10.1. The lowest BCUT2D eigenvalue weighted by molar-refractivity contribution is 0.122. The molecule has 3 nitrogen and oxygen atoms in total. The Morgan fingerprint density at radius 1 is 1.31 bits per heavy atom. The Morgan fingerprint density at radius 2 is 2.06 bits per heavy atom. The van der Waals surface area contributed by atoms with Crippen LogP contribution in [0.25, 0.3) is 0 Å². The van der Waals surface area contributed by atoms with Crippen LogP contribution in [-0.2, 0) is 11.3 Å². The summed E-state index contributed by atoms with van der Waals surface area (Å²) in [5.74, 6) is 0. The molecule has 0 radical (unpaired) electrons. The smallest absolute Gasteiger partial charge is 0.0642 e. The summed E-state index contributed by atoms with van der Waals surface area (Å²) in [4.78, 5) is 2.39. The molecule has 0 spiro atoms. The molecule has 0 amide bonds. The van der Waals surface area contributed by atoms with E-state index in [4.69, 9.17) is 4.74 Å². The van der Waals surface area contributed by atoms with E-state index in [0.717, 1.165) is 32.8 Å². The van der Waals surface area contributed by atoms with Crippen molar-refractivity contribution in [2.45, 2.75) is 13.5 Å². The summed E-state index contributed by atoms with van der Waals surface area (Å²) in [6, 6.07) is 6.71. The van der Waals surface area contributed by atoms with E-state index in [2.05, 4.69) is 35.3 Å². The van der Waals surface area contributed by atoms with Crippen molar-refractivity contribution in [3.8, 4) is 0 Å². The molecule has 2 rings (SSSR count). The number of ether oxygens (including phenoxy) is 1. The number of rotatable bonds is 3. The first-order valence-corrected chi connectivity index (χ1v) is 5.88. The molecule has 1 heterocycles. The Labute approximate surface area is 97.4 Å². The van der Waals surface area contributed by atoms with Crippen LogP contribution in [0.5, 0.6) is 0 Å². The lowest BCUT2D eigenvalue weighted by atomic mass is 10.1. The van der Waals surface area contributed by atoms with Gasteiger partial charge in [-0.3, -0.25) is 0 Å². The molecule has 88 valence electrons. The van der Waals surface area contributed by atoms with Gasteiger partial charge in [0.1, 0.15) is 0 Å². The minimum atomic E-state index is 0.845. The molecule has 16 heavy (non-hydrogen) atoms. The first-order chi connectivity index (χ1) is 7.81. The standard InChI is InChI=1S/C13H20N2O/c1-11-9-13(4-3-12(11)10-14-2)15-5-7-16-8-6-15/h3-4,9,14H,5-8,10H2,1-2H3. The number of nitrogens with zero attached hydrogens (tertiary/aromatic N) is 1. The van der Waals surface area contributed by atoms with Crippen LogP contribution in [-0.4, -0.2) is 33.4 Å². The summed E-state index contributed by atoms with van der Waals surface area (Å²) in [6.07, 6.45) is 0. The van der Waals surface area contributed by atoms with Gasteiger partial charge in [-0.15, -0.1) is 0 Å². The van der Waals surface area contributed by atoms with E-state index < -0.39 is 0 Å². The van der Waals surface area contributed by atoms with E-state index in [1.807, 2.05) is 7.05 Å². The van der Waals surface area contributed by atoms with Crippen LogP contribution in [0.4, 0.5) is 5.69 Å². The fraction of sp³-hybridized carbons (Fsp3) is 0.538. The molecular weight excluding hydrogens is 200 g/mol. The van der Waals surface area contributed by atoms with Crippen molar-refractivity contribution in [3.63, 3.8) is 0 Å². The summed E-state index contributed by atoms with van der Waals surface area (Å²) in [5.41, 5.74) is 4.05. The highest BCUT2D eigenvalue weighted by molar-refractivity contribution is 5.51. The van der Waals surface area contributed by atoms with Gasteiger partial charge < -0.3 is 15.0 Å². The molecule has 0 unspecified atom stereocenters. The van der Waals surface area contributed by atoms with Crippen LogP contribution in [0.2, 0.25) is 0 Å². The third-order valence-electron chi connectivity index (χ3n) is 3.07. The van der Waals surface area contributed by atoms with Gasteiger partial charge >= 0.3 is 0 Å². The second kappa shape index (κ2) is 5.32. The van der Waals surface area contributed by atoms with Gasteiger partial charge in [-0.2, -0.15) is 0 Å². The van der Waals surface area contributed by atoms with E-state index in [1.165, 1.54) is 16.8 Å². The highest BCUT2D eigenvalue weighted by Crippen LogP contribution is 2.20. The second-order valence-electron chi connectivity index (χ2n) is 4.24. The van der Waals surface area contributed by atoms with Crippen molar-refractivity contribution < 1.29 is 4.74 Å². The fourth-order valence-electron chi connectivity index (χ4n) is 2.09. The maximum Gasteiger partial charge on any atom is 0.0642 e. The van der Waals surface area contributed by atoms with Crippen LogP contribution in [0.1, 0.15) is 11.1 Å². The van der Waals surface area contributed by atoms with Crippen molar-refractivity contribution in [2.24, 2.45) is 0 Å². The monoisotopic (exact) mass is 220 g/mol. The number of hydrogen-bond donors (Lipinski definition) is 1. The SMILES string of the molecule is CNCc1ccc(N2CCOCC2)cc1C. The lowest BCUT2D eigenvalue weighted by Gasteiger charge is -2.29. The van der Waals surface area contributed by atoms with Gasteiger partial charge in [0.2, 0.25) is 0 Å². The maximum absolute atomic E-state index is 5.36. The Bertz CT molecular complexity index is 346. The van der Waals surface area contributed by atoms with Crippen LogP contribution in [0.3, 0.4) is 0 Å². The van der Waals surface area contributed by atoms with E-state index in [-0.39, 0.29) is 0 Å². The topological polar surface area (TPSA) is 24.5 Å². The average Bonchev–Trinajstić information content (AvgIpc) is 2.33. The molecule has 0 saturated carbocycles. The van der Waals surface area contributed by atoms with Crippen molar-refractivity contribution in [3.05, 3.63) is 29.3 Å². The van der Waals surface area contributed by atoms with Gasteiger partial charge in [0.15, 0.2) is 0 Å². The summed E-state index contributed by atoms with van der Waals surface area (Å²) >= 11 is 0. The first kappa shape index (κ1) is 11.4. The molecule has 1 aromatic rings. The van der Waals surface area contributed by atoms with Gasteiger partial charge in [-0.1, -0.05) is 6.07 Å². The van der Waals surface area contributed by atoms with Gasteiger partial charge in [0.25, 0.3) is 0 Å². The number of benzene rings is 1. The van der Waals surface area contributed by atoms with Crippen LogP contribution in [0.15, 0.2) is 18.2 Å². The van der Waals surface area contributed by atoms with Crippen molar-refractivity contribution in [2.75, 3.05) is 38.3 Å². The minimum Gasteiger partial charge on any atom is -0.378 e. The second-order valence-corrected chi connectivity index (χ2v) is 4.24. The Morgan fingerprint density at radius 3 is 2.69 bits per heavy atom. The minimum absolute atomic E-state index is 0.845. The largest absolute Gasteiger partial charge is 0.378 e. The van der Waals surface area contributed by atoms with Crippen molar-refractivity contribution in [1.82, 2.24) is 5.32 Å². The molecule has 1 N–H and O–H groups in total. The quantitative estimate of drug-likeness (QED) is 0.836. The highest BCUT2D eigenvalue weighted by atomic mass is 16.5. The number of hydrogen-bond acceptors (Lipinski definition) is 3. The molecule has 1 aliphatic rings. The Hall–Kier alpha value is -1.06. The normalized spacial score (nSPS) is 16.5. The zero-order valence-electron chi connectivity index (χ0n) is 10.1. The third kappa shape index (κ3) is 2.54. The molecular formula is C13H20N2O. The van der Waals surface area contributed by atoms with Crippen LogP contribution < -0.4 is 10.2 Å². The molecule has 1 aliphatic heterocycles. The summed E-state index contributed by atoms with van der Waals surface area (Å²) in [5, 5.41) is 3.19. The lowest BCUT2D eigenvalue weighted by Crippen LogP contribution is -2.36. The molecule has 0 bridgehead atoms. The van der Waals surface area contributed by atoms with Crippen molar-refractivity contribution >= 4 is 5.69 Å². The number of morpholine rings is 1. The highest BCUT2D eigenvalue weighted by Gasteiger charge is 2.11. The zero-order chi connectivity index (χ0) is 11.4. The number of anilines is 1. The molecule has 3 heteroatoms. The first-order valence-electron chi connectivity index (χ1n) is 5.88. The molecule has 0 aliphatic carbocycles. The van der Waals surface area contributed by atoms with Gasteiger partial charge in [0.05, 0.1) is 13.2 Å². The molecule has 1 fully saturated rings. The predicted molar refractivity (Wildman–Crippen MR) is 67.0 cm³/mol.